The highest BCUT2D eigenvalue weighted by Gasteiger charge is 2.07. The zero-order chi connectivity index (χ0) is 12.7. The van der Waals surface area contributed by atoms with Gasteiger partial charge >= 0.3 is 0 Å². The first-order valence-electron chi connectivity index (χ1n) is 5.74. The Morgan fingerprint density at radius 2 is 2.12 bits per heavy atom. The standard InChI is InChI=1S/C8H11ClN2O.C4H8O/c1-5(12)6-4-11-8(9)3-7(6)10-2;1-2-4-5-3-1/h3-5,12H,1-2H3,(H,10,11);1-4H2. The van der Waals surface area contributed by atoms with Crippen molar-refractivity contribution in [3.63, 3.8) is 0 Å². The van der Waals surface area contributed by atoms with E-state index in [1.54, 1.807) is 26.2 Å². The van der Waals surface area contributed by atoms with Crippen molar-refractivity contribution in [1.82, 2.24) is 4.98 Å². The number of ether oxygens (including phenoxy) is 1. The highest BCUT2D eigenvalue weighted by Crippen LogP contribution is 2.23. The van der Waals surface area contributed by atoms with Crippen LogP contribution in [0.25, 0.3) is 0 Å². The van der Waals surface area contributed by atoms with E-state index in [4.69, 9.17) is 16.3 Å². The second kappa shape index (κ2) is 7.48. The molecule has 1 aliphatic heterocycles. The van der Waals surface area contributed by atoms with E-state index in [-0.39, 0.29) is 0 Å². The zero-order valence-electron chi connectivity index (χ0n) is 10.2. The average Bonchev–Trinajstić information content (AvgIpc) is 2.87. The molecule has 1 saturated heterocycles. The molecule has 0 amide bonds. The van der Waals surface area contributed by atoms with Crippen molar-refractivity contribution in [2.45, 2.75) is 25.9 Å². The third-order valence-electron chi connectivity index (χ3n) is 2.45. The number of aliphatic hydroxyl groups is 1. The lowest BCUT2D eigenvalue weighted by Crippen LogP contribution is -1.99. The minimum atomic E-state index is -0.530. The van der Waals surface area contributed by atoms with E-state index >= 15 is 0 Å². The van der Waals surface area contributed by atoms with Crippen LogP contribution in [-0.2, 0) is 4.74 Å². The molecule has 1 atom stereocenters. The van der Waals surface area contributed by atoms with Crippen LogP contribution >= 0.6 is 11.6 Å². The van der Waals surface area contributed by atoms with Crippen LogP contribution in [0.1, 0.15) is 31.4 Å². The zero-order valence-corrected chi connectivity index (χ0v) is 11.0. The Kier molecular flexibility index (Phi) is 6.26. The Morgan fingerprint density at radius 3 is 2.53 bits per heavy atom. The van der Waals surface area contributed by atoms with Crippen LogP contribution in [0.2, 0.25) is 5.15 Å². The number of hydrogen-bond acceptors (Lipinski definition) is 4. The van der Waals surface area contributed by atoms with Gasteiger partial charge in [-0.25, -0.2) is 4.98 Å². The molecule has 0 spiro atoms. The Bertz CT molecular complexity index is 334. The lowest BCUT2D eigenvalue weighted by Gasteiger charge is -2.10. The Hall–Kier alpha value is -0.840. The fourth-order valence-electron chi connectivity index (χ4n) is 1.50. The third-order valence-corrected chi connectivity index (χ3v) is 2.65. The van der Waals surface area contributed by atoms with Crippen molar-refractivity contribution in [3.05, 3.63) is 23.0 Å². The maximum absolute atomic E-state index is 9.30. The van der Waals surface area contributed by atoms with Crippen LogP contribution in [0.5, 0.6) is 0 Å². The van der Waals surface area contributed by atoms with Gasteiger partial charge in [0.2, 0.25) is 0 Å². The van der Waals surface area contributed by atoms with Crippen molar-refractivity contribution >= 4 is 17.3 Å². The number of halogens is 1. The van der Waals surface area contributed by atoms with Crippen LogP contribution < -0.4 is 5.32 Å². The van der Waals surface area contributed by atoms with Gasteiger partial charge in [-0.15, -0.1) is 0 Å². The van der Waals surface area contributed by atoms with E-state index in [9.17, 15) is 5.11 Å². The molecule has 0 aliphatic carbocycles. The number of nitrogens with zero attached hydrogens (tertiary/aromatic N) is 1. The molecule has 1 aromatic heterocycles. The predicted molar refractivity (Wildman–Crippen MR) is 69.5 cm³/mol. The van der Waals surface area contributed by atoms with Gasteiger partial charge in [-0.3, -0.25) is 0 Å². The number of rotatable bonds is 2. The van der Waals surface area contributed by atoms with Crippen molar-refractivity contribution in [2.75, 3.05) is 25.6 Å². The molecule has 1 aromatic rings. The summed E-state index contributed by atoms with van der Waals surface area (Å²) < 4.78 is 4.94. The smallest absolute Gasteiger partial charge is 0.131 e. The van der Waals surface area contributed by atoms with Gasteiger partial charge < -0.3 is 15.2 Å². The minimum Gasteiger partial charge on any atom is -0.389 e. The Labute approximate surface area is 107 Å². The van der Waals surface area contributed by atoms with Gasteiger partial charge in [0.25, 0.3) is 0 Å². The largest absolute Gasteiger partial charge is 0.389 e. The number of hydrogen-bond donors (Lipinski definition) is 2. The number of pyridine rings is 1. The molecule has 2 rings (SSSR count). The first-order chi connectivity index (χ1) is 8.15. The lowest BCUT2D eigenvalue weighted by atomic mass is 10.1. The SMILES string of the molecule is C1CCOC1.CNc1cc(Cl)ncc1C(C)O. The van der Waals surface area contributed by atoms with E-state index in [2.05, 4.69) is 10.3 Å². The minimum absolute atomic E-state index is 0.420. The van der Waals surface area contributed by atoms with Gasteiger partial charge in [0, 0.05) is 37.7 Å². The summed E-state index contributed by atoms with van der Waals surface area (Å²) in [6, 6.07) is 1.68. The fraction of sp³-hybridized carbons (Fsp3) is 0.583. The molecule has 5 heteroatoms. The highest BCUT2D eigenvalue weighted by atomic mass is 35.5. The highest BCUT2D eigenvalue weighted by molar-refractivity contribution is 6.29. The summed E-state index contributed by atoms with van der Waals surface area (Å²) in [5.41, 5.74) is 1.56. The molecular formula is C12H19ClN2O2. The second-order valence-electron chi connectivity index (χ2n) is 3.84. The van der Waals surface area contributed by atoms with Crippen molar-refractivity contribution in [3.8, 4) is 0 Å². The number of aliphatic hydroxyl groups excluding tert-OH is 1. The molecule has 2 N–H and O–H groups in total. The van der Waals surface area contributed by atoms with Crippen LogP contribution in [-0.4, -0.2) is 30.4 Å². The quantitative estimate of drug-likeness (QED) is 0.801. The molecule has 1 fully saturated rings. The molecule has 4 nitrogen and oxygen atoms in total. The Morgan fingerprint density at radius 1 is 1.47 bits per heavy atom. The molecule has 2 heterocycles. The monoisotopic (exact) mass is 258 g/mol. The molecular weight excluding hydrogens is 240 g/mol. The van der Waals surface area contributed by atoms with E-state index in [0.29, 0.717) is 5.15 Å². The maximum Gasteiger partial charge on any atom is 0.131 e. The summed E-state index contributed by atoms with van der Waals surface area (Å²) in [5.74, 6) is 0. The predicted octanol–water partition coefficient (Wildman–Crippen LogP) is 2.63. The van der Waals surface area contributed by atoms with Crippen LogP contribution in [0, 0.1) is 0 Å². The average molecular weight is 259 g/mol. The normalized spacial score (nSPS) is 16.0. The summed E-state index contributed by atoms with van der Waals surface area (Å²) >= 11 is 5.67. The summed E-state index contributed by atoms with van der Waals surface area (Å²) in [7, 11) is 1.78. The second-order valence-corrected chi connectivity index (χ2v) is 4.23. The molecule has 0 radical (unpaired) electrons. The first kappa shape index (κ1) is 14.2. The van der Waals surface area contributed by atoms with E-state index in [1.807, 2.05) is 0 Å². The lowest BCUT2D eigenvalue weighted by molar-refractivity contribution is 0.198. The van der Waals surface area contributed by atoms with Gasteiger partial charge in [-0.05, 0) is 25.8 Å². The van der Waals surface area contributed by atoms with E-state index < -0.39 is 6.10 Å². The molecule has 1 unspecified atom stereocenters. The summed E-state index contributed by atoms with van der Waals surface area (Å²) in [6.07, 6.45) is 3.59. The summed E-state index contributed by atoms with van der Waals surface area (Å²) in [4.78, 5) is 3.87. The molecule has 17 heavy (non-hydrogen) atoms. The topological polar surface area (TPSA) is 54.4 Å². The molecule has 96 valence electrons. The van der Waals surface area contributed by atoms with Crippen molar-refractivity contribution in [2.24, 2.45) is 0 Å². The van der Waals surface area contributed by atoms with E-state index in [0.717, 1.165) is 24.5 Å². The Balaban J connectivity index is 0.000000239. The van der Waals surface area contributed by atoms with Crippen LogP contribution in [0.3, 0.4) is 0 Å². The van der Waals surface area contributed by atoms with Gasteiger partial charge in [0.1, 0.15) is 5.15 Å². The van der Waals surface area contributed by atoms with Crippen LogP contribution in [0.15, 0.2) is 12.3 Å². The summed E-state index contributed by atoms with van der Waals surface area (Å²) in [6.45, 7) is 3.69. The molecule has 0 saturated carbocycles. The third kappa shape index (κ3) is 4.89. The van der Waals surface area contributed by atoms with Gasteiger partial charge in [-0.1, -0.05) is 11.6 Å². The number of nitrogens with one attached hydrogen (secondary N) is 1. The van der Waals surface area contributed by atoms with Gasteiger partial charge in [0.05, 0.1) is 6.10 Å². The molecule has 1 aliphatic rings. The first-order valence-corrected chi connectivity index (χ1v) is 6.12. The van der Waals surface area contributed by atoms with Crippen molar-refractivity contribution < 1.29 is 9.84 Å². The summed E-state index contributed by atoms with van der Waals surface area (Å²) in [5, 5.41) is 12.7. The van der Waals surface area contributed by atoms with Crippen molar-refractivity contribution in [1.29, 1.82) is 0 Å². The van der Waals surface area contributed by atoms with E-state index in [1.165, 1.54) is 12.8 Å². The molecule has 0 aromatic carbocycles. The number of aromatic nitrogens is 1. The van der Waals surface area contributed by atoms with Crippen LogP contribution in [0.4, 0.5) is 5.69 Å². The van der Waals surface area contributed by atoms with Gasteiger partial charge in [-0.2, -0.15) is 0 Å². The molecule has 0 bridgehead atoms. The number of anilines is 1. The van der Waals surface area contributed by atoms with Gasteiger partial charge in [0.15, 0.2) is 0 Å². The fourth-order valence-corrected chi connectivity index (χ4v) is 1.66. The maximum atomic E-state index is 9.30.